The first-order valence-corrected chi connectivity index (χ1v) is 9.96. The van der Waals surface area contributed by atoms with Crippen molar-refractivity contribution in [2.45, 2.75) is 32.6 Å². The third-order valence-corrected chi connectivity index (χ3v) is 5.29. The first-order valence-electron chi connectivity index (χ1n) is 8.74. The van der Waals surface area contributed by atoms with Gasteiger partial charge in [-0.05, 0) is 30.2 Å². The second kappa shape index (κ2) is 10.3. The summed E-state index contributed by atoms with van der Waals surface area (Å²) >= 11 is 6.36. The predicted molar refractivity (Wildman–Crippen MR) is 110 cm³/mol. The SMILES string of the molecule is CCCCCOc1ccc(C=C2SC(=S)N(CCC(=O)O)C2=O)cc1OC. The van der Waals surface area contributed by atoms with E-state index in [4.69, 9.17) is 26.8 Å². The second-order valence-electron chi connectivity index (χ2n) is 5.94. The number of aliphatic carboxylic acids is 1. The van der Waals surface area contributed by atoms with Crippen molar-refractivity contribution in [3.8, 4) is 11.5 Å². The summed E-state index contributed by atoms with van der Waals surface area (Å²) in [5.74, 6) is 0.0266. The largest absolute Gasteiger partial charge is 0.493 e. The Morgan fingerprint density at radius 1 is 1.33 bits per heavy atom. The molecule has 1 aromatic rings. The molecule has 1 fully saturated rings. The van der Waals surface area contributed by atoms with Crippen LogP contribution < -0.4 is 9.47 Å². The van der Waals surface area contributed by atoms with Gasteiger partial charge < -0.3 is 14.6 Å². The quantitative estimate of drug-likeness (QED) is 0.356. The Morgan fingerprint density at radius 2 is 2.11 bits per heavy atom. The number of methoxy groups -OCH3 is 1. The number of carboxylic acids is 1. The molecule has 0 spiro atoms. The molecule has 1 aliphatic heterocycles. The minimum absolute atomic E-state index is 0.0746. The highest BCUT2D eigenvalue weighted by Gasteiger charge is 2.32. The van der Waals surface area contributed by atoms with E-state index < -0.39 is 5.97 Å². The number of thiocarbonyl (C=S) groups is 1. The summed E-state index contributed by atoms with van der Waals surface area (Å²) in [4.78, 5) is 25.0. The summed E-state index contributed by atoms with van der Waals surface area (Å²) in [6.45, 7) is 2.84. The van der Waals surface area contributed by atoms with E-state index in [9.17, 15) is 9.59 Å². The van der Waals surface area contributed by atoms with Crippen molar-refractivity contribution < 1.29 is 24.2 Å². The van der Waals surface area contributed by atoms with Crippen molar-refractivity contribution >= 4 is 46.3 Å². The van der Waals surface area contributed by atoms with E-state index in [1.54, 1.807) is 19.3 Å². The molecule has 27 heavy (non-hydrogen) atoms. The molecular weight excluding hydrogens is 386 g/mol. The number of amides is 1. The highest BCUT2D eigenvalue weighted by molar-refractivity contribution is 8.26. The van der Waals surface area contributed by atoms with Crippen LogP contribution in [0.4, 0.5) is 0 Å². The third-order valence-electron chi connectivity index (χ3n) is 3.91. The molecule has 0 bridgehead atoms. The van der Waals surface area contributed by atoms with Crippen molar-refractivity contribution in [1.82, 2.24) is 4.90 Å². The van der Waals surface area contributed by atoms with Gasteiger partial charge in [0.05, 0.1) is 25.0 Å². The van der Waals surface area contributed by atoms with Crippen LogP contribution in [-0.2, 0) is 9.59 Å². The number of hydrogen-bond donors (Lipinski definition) is 1. The maximum Gasteiger partial charge on any atom is 0.305 e. The molecule has 0 unspecified atom stereocenters. The molecule has 1 aromatic carbocycles. The maximum atomic E-state index is 12.5. The van der Waals surface area contributed by atoms with Crippen molar-refractivity contribution in [3.05, 3.63) is 28.7 Å². The zero-order valence-corrected chi connectivity index (χ0v) is 17.0. The van der Waals surface area contributed by atoms with Gasteiger partial charge >= 0.3 is 5.97 Å². The molecule has 0 aromatic heterocycles. The molecule has 0 aliphatic carbocycles. The van der Waals surface area contributed by atoms with Gasteiger partial charge in [0.1, 0.15) is 4.32 Å². The summed E-state index contributed by atoms with van der Waals surface area (Å²) < 4.78 is 11.5. The van der Waals surface area contributed by atoms with Gasteiger partial charge in [0, 0.05) is 6.54 Å². The predicted octanol–water partition coefficient (Wildman–Crippen LogP) is 3.94. The van der Waals surface area contributed by atoms with Crippen LogP contribution in [0.2, 0.25) is 0 Å². The topological polar surface area (TPSA) is 76.1 Å². The number of benzene rings is 1. The van der Waals surface area contributed by atoms with Crippen LogP contribution in [0.15, 0.2) is 23.1 Å². The molecule has 0 saturated carbocycles. The Labute approximate surface area is 168 Å². The lowest BCUT2D eigenvalue weighted by molar-refractivity contribution is -0.137. The van der Waals surface area contributed by atoms with Gasteiger partial charge in [0.25, 0.3) is 5.91 Å². The van der Waals surface area contributed by atoms with Crippen molar-refractivity contribution in [2.75, 3.05) is 20.3 Å². The molecule has 0 atom stereocenters. The van der Waals surface area contributed by atoms with Crippen LogP contribution in [-0.4, -0.2) is 46.5 Å². The number of carbonyl (C=O) groups is 2. The Bertz CT molecular complexity index is 748. The Kier molecular flexibility index (Phi) is 8.12. The smallest absolute Gasteiger partial charge is 0.305 e. The summed E-state index contributed by atoms with van der Waals surface area (Å²) in [7, 11) is 1.57. The molecule has 6 nitrogen and oxygen atoms in total. The molecule has 8 heteroatoms. The van der Waals surface area contributed by atoms with Crippen molar-refractivity contribution in [2.24, 2.45) is 0 Å². The van der Waals surface area contributed by atoms with E-state index >= 15 is 0 Å². The van der Waals surface area contributed by atoms with E-state index in [2.05, 4.69) is 6.92 Å². The van der Waals surface area contributed by atoms with Crippen molar-refractivity contribution in [1.29, 1.82) is 0 Å². The molecule has 0 radical (unpaired) electrons. The first kappa shape index (κ1) is 21.2. The van der Waals surface area contributed by atoms with Gasteiger partial charge in [-0.1, -0.05) is 49.8 Å². The Balaban J connectivity index is 2.10. The fourth-order valence-electron chi connectivity index (χ4n) is 2.48. The lowest BCUT2D eigenvalue weighted by Gasteiger charge is -2.12. The fraction of sp³-hybridized carbons (Fsp3) is 0.421. The van der Waals surface area contributed by atoms with Crippen LogP contribution in [0.5, 0.6) is 11.5 Å². The number of rotatable bonds is 10. The van der Waals surface area contributed by atoms with Crippen LogP contribution in [0.25, 0.3) is 6.08 Å². The van der Waals surface area contributed by atoms with Gasteiger partial charge in [-0.25, -0.2) is 0 Å². The van der Waals surface area contributed by atoms with E-state index in [1.165, 1.54) is 16.7 Å². The highest BCUT2D eigenvalue weighted by Crippen LogP contribution is 2.34. The van der Waals surface area contributed by atoms with Crippen LogP contribution in [0.3, 0.4) is 0 Å². The lowest BCUT2D eigenvalue weighted by atomic mass is 10.2. The summed E-state index contributed by atoms with van der Waals surface area (Å²) in [6.07, 6.45) is 4.81. The number of hydrogen-bond acceptors (Lipinski definition) is 6. The van der Waals surface area contributed by atoms with Crippen LogP contribution in [0.1, 0.15) is 38.2 Å². The number of carboxylic acid groups (broad SMARTS) is 1. The first-order chi connectivity index (χ1) is 13.0. The van der Waals surface area contributed by atoms with Gasteiger partial charge in [-0.3, -0.25) is 14.5 Å². The molecule has 2 rings (SSSR count). The maximum absolute atomic E-state index is 12.5. The molecule has 1 aliphatic rings. The van der Waals surface area contributed by atoms with Crippen LogP contribution >= 0.6 is 24.0 Å². The average molecular weight is 410 g/mol. The molecule has 1 heterocycles. The number of unbranched alkanes of at least 4 members (excludes halogenated alkanes) is 2. The van der Waals surface area contributed by atoms with E-state index in [0.717, 1.165) is 24.8 Å². The summed E-state index contributed by atoms with van der Waals surface area (Å²) in [6, 6.07) is 5.47. The van der Waals surface area contributed by atoms with E-state index in [1.807, 2.05) is 12.1 Å². The highest BCUT2D eigenvalue weighted by atomic mass is 32.2. The van der Waals surface area contributed by atoms with Crippen molar-refractivity contribution in [3.63, 3.8) is 0 Å². The van der Waals surface area contributed by atoms with Gasteiger partial charge in [-0.2, -0.15) is 0 Å². The zero-order chi connectivity index (χ0) is 19.8. The van der Waals surface area contributed by atoms with Gasteiger partial charge in [-0.15, -0.1) is 0 Å². The van der Waals surface area contributed by atoms with Crippen LogP contribution in [0, 0.1) is 0 Å². The standard InChI is InChI=1S/C19H23NO5S2/c1-3-4-5-10-25-14-7-6-13(11-15(14)24-2)12-16-18(23)20(19(26)27-16)9-8-17(21)22/h6-7,11-12H,3-5,8-10H2,1-2H3,(H,21,22). The van der Waals surface area contributed by atoms with Gasteiger partial charge in [0.15, 0.2) is 11.5 Å². The molecular formula is C19H23NO5S2. The zero-order valence-electron chi connectivity index (χ0n) is 15.4. The number of thioether (sulfide) groups is 1. The Morgan fingerprint density at radius 3 is 2.78 bits per heavy atom. The number of ether oxygens (including phenoxy) is 2. The monoisotopic (exact) mass is 409 g/mol. The summed E-state index contributed by atoms with van der Waals surface area (Å²) in [5, 5.41) is 8.79. The number of nitrogens with zero attached hydrogens (tertiary/aromatic N) is 1. The molecule has 1 amide bonds. The van der Waals surface area contributed by atoms with E-state index in [0.29, 0.717) is 27.3 Å². The summed E-state index contributed by atoms with van der Waals surface area (Å²) in [5.41, 5.74) is 0.784. The number of carbonyl (C=O) groups excluding carboxylic acids is 1. The normalized spacial score (nSPS) is 15.5. The molecule has 146 valence electrons. The molecule has 1 N–H and O–H groups in total. The third kappa shape index (κ3) is 5.97. The minimum atomic E-state index is -0.965. The minimum Gasteiger partial charge on any atom is -0.493 e. The lowest BCUT2D eigenvalue weighted by Crippen LogP contribution is -2.30. The Hall–Kier alpha value is -2.06. The van der Waals surface area contributed by atoms with Gasteiger partial charge in [0.2, 0.25) is 0 Å². The fourth-order valence-corrected chi connectivity index (χ4v) is 3.79. The van der Waals surface area contributed by atoms with E-state index in [-0.39, 0.29) is 18.9 Å². The second-order valence-corrected chi connectivity index (χ2v) is 7.62. The molecule has 1 saturated heterocycles. The average Bonchev–Trinajstić information content (AvgIpc) is 2.90.